The largest absolute Gasteiger partial charge is 0.462 e. The number of rotatable bonds is 2. The SMILES string of the molecule is CC(=O)O[C@@H]1C=C(C)[C@H]2O[C@]3(O)C[C@H]1[C@@]2(C)[C@@H]1[C@H]2CC(=O)O[C@H]2C[C@@]13C1SCCCS1. The predicted molar refractivity (Wildman–Crippen MR) is 117 cm³/mol. The van der Waals surface area contributed by atoms with Gasteiger partial charge in [-0.15, -0.1) is 23.5 Å². The molecule has 0 unspecified atom stereocenters. The fraction of sp³-hybridized carbons (Fsp3) is 0.826. The molecule has 4 aliphatic heterocycles. The van der Waals surface area contributed by atoms with Crippen molar-refractivity contribution >= 4 is 35.5 Å². The Morgan fingerprint density at radius 3 is 2.74 bits per heavy atom. The molecule has 6 nitrogen and oxygen atoms in total. The van der Waals surface area contributed by atoms with Crippen molar-refractivity contribution in [2.45, 2.75) is 75.1 Å². The van der Waals surface area contributed by atoms with E-state index >= 15 is 0 Å². The van der Waals surface area contributed by atoms with E-state index in [0.717, 1.165) is 17.1 Å². The van der Waals surface area contributed by atoms with Crippen molar-refractivity contribution in [1.29, 1.82) is 0 Å². The second kappa shape index (κ2) is 6.67. The minimum Gasteiger partial charge on any atom is -0.462 e. The van der Waals surface area contributed by atoms with Crippen LogP contribution in [0, 0.1) is 28.6 Å². The highest BCUT2D eigenvalue weighted by Crippen LogP contribution is 2.78. The Balaban J connectivity index is 1.53. The standard InChI is InChI=1S/C23H30O6S2/c1-11-7-15(27-12(2)24)14-9-23(26)22(20-30-5-4-6-31-20)10-16-13(8-17(25)28-16)18(22)21(14,3)19(11)29-23/h7,13-16,18-20,26H,4-6,8-10H2,1-3H3/t13-,14+,15+,16-,18-,19+,21-,22-,23+/m0/s1. The molecule has 0 aromatic heterocycles. The molecule has 4 bridgehead atoms. The first-order valence-corrected chi connectivity index (χ1v) is 13.5. The van der Waals surface area contributed by atoms with Gasteiger partial charge in [-0.2, -0.15) is 0 Å². The van der Waals surface area contributed by atoms with Crippen molar-refractivity contribution in [2.24, 2.45) is 28.6 Å². The molecule has 0 amide bonds. The zero-order valence-corrected chi connectivity index (χ0v) is 19.8. The van der Waals surface area contributed by atoms with Crippen LogP contribution in [0.25, 0.3) is 0 Å². The number of thioether (sulfide) groups is 2. The number of hydrogen-bond acceptors (Lipinski definition) is 8. The average Bonchev–Trinajstić information content (AvgIpc) is 3.22. The zero-order chi connectivity index (χ0) is 21.8. The van der Waals surface area contributed by atoms with Crippen LogP contribution < -0.4 is 0 Å². The van der Waals surface area contributed by atoms with Gasteiger partial charge in [0.15, 0.2) is 5.79 Å². The van der Waals surface area contributed by atoms with Gasteiger partial charge in [-0.25, -0.2) is 0 Å². The van der Waals surface area contributed by atoms with E-state index in [1.54, 1.807) is 0 Å². The lowest BCUT2D eigenvalue weighted by atomic mass is 9.42. The fourth-order valence-electron chi connectivity index (χ4n) is 8.23. The minimum atomic E-state index is -1.32. The lowest BCUT2D eigenvalue weighted by Gasteiger charge is -2.72. The van der Waals surface area contributed by atoms with Crippen LogP contribution in [0.3, 0.4) is 0 Å². The second-order valence-corrected chi connectivity index (χ2v) is 13.2. The van der Waals surface area contributed by atoms with Crippen LogP contribution in [0.5, 0.6) is 0 Å². The third-order valence-corrected chi connectivity index (χ3v) is 12.4. The third kappa shape index (κ3) is 2.51. The molecule has 0 spiro atoms. The summed E-state index contributed by atoms with van der Waals surface area (Å²) in [6, 6.07) is 0. The topological polar surface area (TPSA) is 82.1 Å². The predicted octanol–water partition coefficient (Wildman–Crippen LogP) is 3.13. The molecule has 1 N–H and O–H groups in total. The van der Waals surface area contributed by atoms with Crippen LogP contribution in [0.4, 0.5) is 0 Å². The number of carbonyl (C=O) groups excluding carboxylic acids is 2. The van der Waals surface area contributed by atoms with Gasteiger partial charge in [0.2, 0.25) is 0 Å². The minimum absolute atomic E-state index is 0.0463. The fourth-order valence-corrected chi connectivity index (χ4v) is 11.9. The molecule has 2 saturated carbocycles. The lowest BCUT2D eigenvalue weighted by molar-refractivity contribution is -0.413. The van der Waals surface area contributed by atoms with Crippen molar-refractivity contribution in [3.8, 4) is 0 Å². The van der Waals surface area contributed by atoms with E-state index in [2.05, 4.69) is 6.92 Å². The van der Waals surface area contributed by atoms with Crippen molar-refractivity contribution in [3.63, 3.8) is 0 Å². The first-order valence-electron chi connectivity index (χ1n) is 11.4. The van der Waals surface area contributed by atoms with Gasteiger partial charge in [0, 0.05) is 30.6 Å². The molecule has 7 aliphatic rings. The van der Waals surface area contributed by atoms with Gasteiger partial charge in [-0.05, 0) is 48.8 Å². The molecule has 170 valence electrons. The molecule has 7 rings (SSSR count). The van der Waals surface area contributed by atoms with E-state index in [1.165, 1.54) is 13.3 Å². The maximum absolute atomic E-state index is 12.3. The molecule has 0 radical (unpaired) electrons. The number of esters is 2. The molecule has 0 aromatic carbocycles. The highest BCUT2D eigenvalue weighted by Gasteiger charge is 2.82. The van der Waals surface area contributed by atoms with Gasteiger partial charge in [-0.1, -0.05) is 6.92 Å². The van der Waals surface area contributed by atoms with Crippen molar-refractivity contribution < 1.29 is 28.9 Å². The van der Waals surface area contributed by atoms with Gasteiger partial charge in [0.25, 0.3) is 0 Å². The smallest absolute Gasteiger partial charge is 0.306 e. The first-order chi connectivity index (χ1) is 14.7. The van der Waals surface area contributed by atoms with E-state index in [1.807, 2.05) is 36.5 Å². The molecule has 8 heteroatoms. The maximum atomic E-state index is 12.3. The Labute approximate surface area is 191 Å². The molecular weight excluding hydrogens is 436 g/mol. The number of carbonyl (C=O) groups is 2. The van der Waals surface area contributed by atoms with Crippen LogP contribution in [-0.2, 0) is 23.8 Å². The molecule has 9 atom stereocenters. The number of ether oxygens (including phenoxy) is 3. The van der Waals surface area contributed by atoms with Crippen molar-refractivity contribution in [3.05, 3.63) is 11.6 Å². The quantitative estimate of drug-likeness (QED) is 0.491. The Bertz CT molecular complexity index is 870. The van der Waals surface area contributed by atoms with E-state index in [0.29, 0.717) is 19.3 Å². The molecule has 4 heterocycles. The summed E-state index contributed by atoms with van der Waals surface area (Å²) in [5, 5.41) is 12.3. The number of fused-ring (bicyclic) bond motifs is 1. The van der Waals surface area contributed by atoms with Crippen LogP contribution in [0.2, 0.25) is 0 Å². The number of aliphatic hydroxyl groups is 1. The van der Waals surface area contributed by atoms with Crippen LogP contribution >= 0.6 is 23.5 Å². The summed E-state index contributed by atoms with van der Waals surface area (Å²) in [7, 11) is 0. The summed E-state index contributed by atoms with van der Waals surface area (Å²) in [4.78, 5) is 24.2. The highest BCUT2D eigenvalue weighted by atomic mass is 32.2. The Morgan fingerprint density at radius 1 is 1.29 bits per heavy atom. The zero-order valence-electron chi connectivity index (χ0n) is 18.2. The van der Waals surface area contributed by atoms with Gasteiger partial charge < -0.3 is 19.3 Å². The molecule has 31 heavy (non-hydrogen) atoms. The van der Waals surface area contributed by atoms with Gasteiger partial charge >= 0.3 is 11.9 Å². The van der Waals surface area contributed by atoms with Crippen LogP contribution in [0.1, 0.15) is 46.5 Å². The second-order valence-electron chi connectivity index (χ2n) is 10.5. The summed E-state index contributed by atoms with van der Waals surface area (Å²) in [5.74, 6) is 0.505. The monoisotopic (exact) mass is 466 g/mol. The first kappa shape index (κ1) is 20.9. The average molecular weight is 467 g/mol. The van der Waals surface area contributed by atoms with E-state index < -0.39 is 11.2 Å². The van der Waals surface area contributed by atoms with E-state index in [4.69, 9.17) is 14.2 Å². The summed E-state index contributed by atoms with van der Waals surface area (Å²) >= 11 is 3.87. The molecular formula is C23H30O6S2. The van der Waals surface area contributed by atoms with Gasteiger partial charge in [0.1, 0.15) is 12.2 Å². The Hall–Kier alpha value is -0.700. The van der Waals surface area contributed by atoms with Crippen LogP contribution in [-0.4, -0.2) is 57.2 Å². The maximum Gasteiger partial charge on any atom is 0.306 e. The summed E-state index contributed by atoms with van der Waals surface area (Å²) in [6.07, 6.45) is 3.91. The molecule has 3 aliphatic carbocycles. The molecule has 6 fully saturated rings. The van der Waals surface area contributed by atoms with Gasteiger partial charge in [0.05, 0.1) is 22.5 Å². The van der Waals surface area contributed by atoms with Crippen LogP contribution in [0.15, 0.2) is 11.6 Å². The summed E-state index contributed by atoms with van der Waals surface area (Å²) in [6.45, 7) is 5.72. The molecule has 0 aromatic rings. The Morgan fingerprint density at radius 2 is 2.03 bits per heavy atom. The summed E-state index contributed by atoms with van der Waals surface area (Å²) in [5.41, 5.74) is 0.197. The van der Waals surface area contributed by atoms with E-state index in [9.17, 15) is 14.7 Å². The normalized spacial score (nSPS) is 52.9. The summed E-state index contributed by atoms with van der Waals surface area (Å²) < 4.78 is 18.5. The lowest BCUT2D eigenvalue weighted by Crippen LogP contribution is -2.77. The van der Waals surface area contributed by atoms with E-state index in [-0.39, 0.29) is 58.0 Å². The molecule has 4 saturated heterocycles. The number of hydrogen-bond donors (Lipinski definition) is 1. The Kier molecular flexibility index (Phi) is 4.49. The third-order valence-electron chi connectivity index (χ3n) is 9.04. The van der Waals surface area contributed by atoms with Crippen molar-refractivity contribution in [1.82, 2.24) is 0 Å². The van der Waals surface area contributed by atoms with Gasteiger partial charge in [-0.3, -0.25) is 9.59 Å². The van der Waals surface area contributed by atoms with Crippen molar-refractivity contribution in [2.75, 3.05) is 11.5 Å². The highest BCUT2D eigenvalue weighted by molar-refractivity contribution is 8.17.